The highest BCUT2D eigenvalue weighted by molar-refractivity contribution is 5.75. The van der Waals surface area contributed by atoms with Crippen LogP contribution < -0.4 is 5.32 Å². The van der Waals surface area contributed by atoms with E-state index in [1.165, 1.54) is 10.9 Å². The Morgan fingerprint density at radius 3 is 3.06 bits per heavy atom. The minimum absolute atomic E-state index is 0.0434. The van der Waals surface area contributed by atoms with E-state index in [-0.39, 0.29) is 18.1 Å². The summed E-state index contributed by atoms with van der Waals surface area (Å²) in [6, 6.07) is 1.85. The summed E-state index contributed by atoms with van der Waals surface area (Å²) in [6.07, 6.45) is 5.87. The van der Waals surface area contributed by atoms with Gasteiger partial charge in [-0.25, -0.2) is 0 Å². The Morgan fingerprint density at radius 1 is 1.61 bits per heavy atom. The van der Waals surface area contributed by atoms with Gasteiger partial charge in [0.15, 0.2) is 0 Å². The molecule has 8 nitrogen and oxygen atoms in total. The van der Waals surface area contributed by atoms with Gasteiger partial charge in [-0.1, -0.05) is 0 Å². The zero-order valence-corrected chi connectivity index (χ0v) is 9.37. The Morgan fingerprint density at radius 2 is 2.44 bits per heavy atom. The van der Waals surface area contributed by atoms with Crippen LogP contribution in [0.1, 0.15) is 5.56 Å². The van der Waals surface area contributed by atoms with Gasteiger partial charge in [0, 0.05) is 18.9 Å². The quantitative estimate of drug-likeness (QED) is 0.592. The molecule has 2 rings (SSSR count). The van der Waals surface area contributed by atoms with E-state index in [1.54, 1.807) is 12.4 Å². The van der Waals surface area contributed by atoms with Crippen molar-refractivity contribution in [1.82, 2.24) is 20.1 Å². The van der Waals surface area contributed by atoms with Gasteiger partial charge in [0.1, 0.15) is 18.9 Å². The zero-order chi connectivity index (χ0) is 13.0. The van der Waals surface area contributed by atoms with Crippen molar-refractivity contribution in [3.8, 4) is 0 Å². The van der Waals surface area contributed by atoms with E-state index in [1.807, 2.05) is 6.07 Å². The number of carbonyl (C=O) groups excluding carboxylic acids is 1. The highest BCUT2D eigenvalue weighted by Crippen LogP contribution is 2.07. The van der Waals surface area contributed by atoms with Crippen LogP contribution in [-0.4, -0.2) is 25.6 Å². The fraction of sp³-hybridized carbons (Fsp3) is 0.200. The fourth-order valence-corrected chi connectivity index (χ4v) is 1.41. The van der Waals surface area contributed by atoms with Gasteiger partial charge in [-0.05, 0) is 11.6 Å². The van der Waals surface area contributed by atoms with Crippen molar-refractivity contribution >= 4 is 11.6 Å². The molecule has 2 aromatic rings. The average Bonchev–Trinajstić information content (AvgIpc) is 2.96. The molecule has 2 N–H and O–H groups in total. The van der Waals surface area contributed by atoms with Gasteiger partial charge < -0.3 is 10.3 Å². The number of amides is 1. The van der Waals surface area contributed by atoms with Crippen molar-refractivity contribution in [2.45, 2.75) is 13.1 Å². The van der Waals surface area contributed by atoms with E-state index >= 15 is 0 Å². The van der Waals surface area contributed by atoms with Crippen LogP contribution >= 0.6 is 0 Å². The van der Waals surface area contributed by atoms with Crippen LogP contribution in [0.25, 0.3) is 0 Å². The lowest BCUT2D eigenvalue weighted by Crippen LogP contribution is -2.27. The molecule has 18 heavy (non-hydrogen) atoms. The van der Waals surface area contributed by atoms with Crippen LogP contribution in [0.3, 0.4) is 0 Å². The molecule has 0 bridgehead atoms. The first kappa shape index (κ1) is 11.8. The molecule has 0 spiro atoms. The first-order chi connectivity index (χ1) is 8.65. The number of rotatable bonds is 5. The molecule has 0 radical (unpaired) electrons. The third kappa shape index (κ3) is 2.94. The first-order valence-electron chi connectivity index (χ1n) is 5.20. The normalized spacial score (nSPS) is 10.2. The maximum Gasteiger partial charge on any atom is 0.307 e. The average molecular weight is 249 g/mol. The standard InChI is InChI=1S/C10H11N5O3/c16-10(12-4-8-1-2-11-3-8)7-14-6-9(5-13-14)15(17)18/h1-3,5-6,11H,4,7H2,(H,12,16). The van der Waals surface area contributed by atoms with E-state index in [2.05, 4.69) is 15.4 Å². The summed E-state index contributed by atoms with van der Waals surface area (Å²) in [6.45, 7) is 0.365. The van der Waals surface area contributed by atoms with Crippen molar-refractivity contribution in [2.24, 2.45) is 0 Å². The number of aromatic amines is 1. The number of aromatic nitrogens is 3. The number of nitrogens with zero attached hydrogens (tertiary/aromatic N) is 3. The molecule has 94 valence electrons. The summed E-state index contributed by atoms with van der Waals surface area (Å²) in [5, 5.41) is 16.8. The second-order valence-electron chi connectivity index (χ2n) is 3.65. The number of H-pyrrole nitrogens is 1. The molecule has 0 aromatic carbocycles. The maximum absolute atomic E-state index is 11.5. The summed E-state index contributed by atoms with van der Waals surface area (Å²) in [5.41, 5.74) is 0.822. The molecule has 8 heteroatoms. The smallest absolute Gasteiger partial charge is 0.307 e. The van der Waals surface area contributed by atoms with Crippen LogP contribution in [0.4, 0.5) is 5.69 Å². The van der Waals surface area contributed by atoms with Crippen LogP contribution in [0, 0.1) is 10.1 Å². The zero-order valence-electron chi connectivity index (χ0n) is 9.37. The SMILES string of the molecule is O=C(Cn1cc([N+](=O)[O-])cn1)NCc1cc[nH]c1. The van der Waals surface area contributed by atoms with Gasteiger partial charge in [0.25, 0.3) is 0 Å². The van der Waals surface area contributed by atoms with E-state index in [0.717, 1.165) is 11.8 Å². The summed E-state index contributed by atoms with van der Waals surface area (Å²) in [4.78, 5) is 24.3. The third-order valence-electron chi connectivity index (χ3n) is 2.29. The summed E-state index contributed by atoms with van der Waals surface area (Å²) in [5.74, 6) is -0.255. The topological polar surface area (TPSA) is 106 Å². The number of hydrogen-bond donors (Lipinski definition) is 2. The summed E-state index contributed by atoms with van der Waals surface area (Å²) >= 11 is 0. The van der Waals surface area contributed by atoms with Gasteiger partial charge >= 0.3 is 5.69 Å². The Bertz CT molecular complexity index is 546. The lowest BCUT2D eigenvalue weighted by Gasteiger charge is -2.03. The van der Waals surface area contributed by atoms with Crippen molar-refractivity contribution in [2.75, 3.05) is 0 Å². The molecule has 2 aromatic heterocycles. The molecule has 0 atom stereocenters. The van der Waals surface area contributed by atoms with Gasteiger partial charge in [-0.15, -0.1) is 0 Å². The van der Waals surface area contributed by atoms with Crippen molar-refractivity contribution in [3.05, 3.63) is 46.5 Å². The number of carbonyl (C=O) groups is 1. The van der Waals surface area contributed by atoms with Crippen LogP contribution in [-0.2, 0) is 17.9 Å². The van der Waals surface area contributed by atoms with E-state index < -0.39 is 4.92 Å². The molecule has 0 saturated heterocycles. The highest BCUT2D eigenvalue weighted by Gasteiger charge is 2.10. The van der Waals surface area contributed by atoms with E-state index in [0.29, 0.717) is 6.54 Å². The Labute approximate surface area is 102 Å². The number of hydrogen-bond acceptors (Lipinski definition) is 4. The maximum atomic E-state index is 11.5. The van der Waals surface area contributed by atoms with Gasteiger partial charge in [-0.2, -0.15) is 5.10 Å². The molecular weight excluding hydrogens is 238 g/mol. The molecular formula is C10H11N5O3. The largest absolute Gasteiger partial charge is 0.367 e. The highest BCUT2D eigenvalue weighted by atomic mass is 16.6. The second-order valence-corrected chi connectivity index (χ2v) is 3.65. The predicted molar refractivity (Wildman–Crippen MR) is 61.5 cm³/mol. The molecule has 0 aliphatic heterocycles. The lowest BCUT2D eigenvalue weighted by atomic mass is 10.3. The molecule has 0 fully saturated rings. The number of nitro groups is 1. The molecule has 2 heterocycles. The third-order valence-corrected chi connectivity index (χ3v) is 2.29. The fourth-order valence-electron chi connectivity index (χ4n) is 1.41. The number of nitrogens with one attached hydrogen (secondary N) is 2. The van der Waals surface area contributed by atoms with Crippen LogP contribution in [0.2, 0.25) is 0 Å². The summed E-state index contributed by atoms with van der Waals surface area (Å²) in [7, 11) is 0. The Balaban J connectivity index is 1.85. The predicted octanol–water partition coefficient (Wildman–Crippen LogP) is 0.436. The van der Waals surface area contributed by atoms with Gasteiger partial charge in [0.05, 0.1) is 4.92 Å². The second kappa shape index (κ2) is 5.13. The minimum atomic E-state index is -0.554. The first-order valence-corrected chi connectivity index (χ1v) is 5.20. The summed E-state index contributed by atoms with van der Waals surface area (Å²) < 4.78 is 1.23. The molecule has 1 amide bonds. The Hall–Kier alpha value is -2.64. The van der Waals surface area contributed by atoms with Crippen LogP contribution in [0.15, 0.2) is 30.9 Å². The van der Waals surface area contributed by atoms with E-state index in [4.69, 9.17) is 0 Å². The van der Waals surface area contributed by atoms with E-state index in [9.17, 15) is 14.9 Å². The van der Waals surface area contributed by atoms with Gasteiger partial charge in [-0.3, -0.25) is 19.6 Å². The van der Waals surface area contributed by atoms with Crippen molar-refractivity contribution in [3.63, 3.8) is 0 Å². The molecule has 0 unspecified atom stereocenters. The molecule has 0 saturated carbocycles. The molecule has 0 aliphatic rings. The Kier molecular flexibility index (Phi) is 3.37. The van der Waals surface area contributed by atoms with Gasteiger partial charge in [0.2, 0.25) is 5.91 Å². The minimum Gasteiger partial charge on any atom is -0.367 e. The monoisotopic (exact) mass is 249 g/mol. The molecule has 0 aliphatic carbocycles. The van der Waals surface area contributed by atoms with Crippen LogP contribution in [0.5, 0.6) is 0 Å². The van der Waals surface area contributed by atoms with Crippen molar-refractivity contribution < 1.29 is 9.72 Å². The lowest BCUT2D eigenvalue weighted by molar-refractivity contribution is -0.385. The van der Waals surface area contributed by atoms with Crippen molar-refractivity contribution in [1.29, 1.82) is 0 Å².